The predicted octanol–water partition coefficient (Wildman–Crippen LogP) is 6.08. The summed E-state index contributed by atoms with van der Waals surface area (Å²) < 4.78 is 55.7. The van der Waals surface area contributed by atoms with Gasteiger partial charge in [0.2, 0.25) is 0 Å². The summed E-state index contributed by atoms with van der Waals surface area (Å²) in [4.78, 5) is 12.3. The molecule has 0 N–H and O–H groups in total. The standard InChI is InChI=1S/C22H20F4O2/c1-21(2)17(12-18(23)22(24,25)26)19(21)20(27)28-13-14-7-6-10-16(11-14)15-8-4-3-5-9-15/h3-12,17,19H,13H2,1-2H3/b18-12-. The average Bonchev–Trinajstić information content (AvgIpc) is 3.20. The van der Waals surface area contributed by atoms with Crippen molar-refractivity contribution >= 4 is 5.97 Å². The van der Waals surface area contributed by atoms with Gasteiger partial charge in [0, 0.05) is 0 Å². The molecule has 2 unspecified atom stereocenters. The lowest BCUT2D eigenvalue weighted by Crippen LogP contribution is -2.11. The van der Waals surface area contributed by atoms with Crippen LogP contribution in [0.2, 0.25) is 0 Å². The molecular weight excluding hydrogens is 372 g/mol. The molecule has 0 amide bonds. The van der Waals surface area contributed by atoms with Crippen LogP contribution in [0.3, 0.4) is 0 Å². The van der Waals surface area contributed by atoms with Crippen LogP contribution < -0.4 is 0 Å². The summed E-state index contributed by atoms with van der Waals surface area (Å²) in [7, 11) is 0. The monoisotopic (exact) mass is 392 g/mol. The zero-order valence-electron chi connectivity index (χ0n) is 15.5. The minimum atomic E-state index is -5.04. The molecule has 2 nitrogen and oxygen atoms in total. The molecule has 0 aliphatic heterocycles. The number of benzene rings is 2. The number of alkyl halides is 3. The Morgan fingerprint density at radius 1 is 1.07 bits per heavy atom. The van der Waals surface area contributed by atoms with Gasteiger partial charge in [-0.15, -0.1) is 0 Å². The van der Waals surface area contributed by atoms with E-state index in [2.05, 4.69) is 0 Å². The number of rotatable bonds is 5. The molecule has 6 heteroatoms. The van der Waals surface area contributed by atoms with Crippen LogP contribution in [0.5, 0.6) is 0 Å². The fourth-order valence-corrected chi connectivity index (χ4v) is 3.41. The van der Waals surface area contributed by atoms with E-state index >= 15 is 0 Å². The number of carbonyl (C=O) groups is 1. The number of ether oxygens (including phenoxy) is 1. The molecule has 0 spiro atoms. The van der Waals surface area contributed by atoms with Crippen LogP contribution in [0.1, 0.15) is 19.4 Å². The van der Waals surface area contributed by atoms with Gasteiger partial charge in [0.1, 0.15) is 6.61 Å². The van der Waals surface area contributed by atoms with E-state index in [-0.39, 0.29) is 6.61 Å². The second kappa shape index (κ2) is 7.41. The first kappa shape index (κ1) is 20.1. The maximum absolute atomic E-state index is 13.2. The van der Waals surface area contributed by atoms with Gasteiger partial charge in [0.05, 0.1) is 5.92 Å². The van der Waals surface area contributed by atoms with Crippen LogP contribution in [0.4, 0.5) is 17.6 Å². The molecule has 1 aliphatic rings. The van der Waals surface area contributed by atoms with Gasteiger partial charge in [-0.1, -0.05) is 62.4 Å². The molecule has 1 fully saturated rings. The van der Waals surface area contributed by atoms with Crippen LogP contribution in [0, 0.1) is 17.3 Å². The number of hydrogen-bond donors (Lipinski definition) is 0. The van der Waals surface area contributed by atoms with E-state index in [1.54, 1.807) is 19.9 Å². The van der Waals surface area contributed by atoms with Crippen LogP contribution in [-0.2, 0) is 16.1 Å². The van der Waals surface area contributed by atoms with Crippen molar-refractivity contribution in [1.82, 2.24) is 0 Å². The van der Waals surface area contributed by atoms with Gasteiger partial charge in [0.15, 0.2) is 5.83 Å². The molecule has 0 bridgehead atoms. The summed E-state index contributed by atoms with van der Waals surface area (Å²) >= 11 is 0. The number of allylic oxidation sites excluding steroid dienone is 2. The minimum absolute atomic E-state index is 0.00424. The molecule has 0 radical (unpaired) electrons. The van der Waals surface area contributed by atoms with E-state index in [1.807, 2.05) is 48.5 Å². The summed E-state index contributed by atoms with van der Waals surface area (Å²) in [5.41, 5.74) is 1.98. The van der Waals surface area contributed by atoms with Crippen molar-refractivity contribution in [1.29, 1.82) is 0 Å². The Kier molecular flexibility index (Phi) is 5.33. The lowest BCUT2D eigenvalue weighted by atomic mass is 10.0. The Morgan fingerprint density at radius 3 is 2.36 bits per heavy atom. The Bertz CT molecular complexity index is 885. The van der Waals surface area contributed by atoms with Crippen LogP contribution in [0.25, 0.3) is 11.1 Å². The molecule has 1 aliphatic carbocycles. The first-order valence-electron chi connectivity index (χ1n) is 8.86. The molecule has 0 heterocycles. The fourth-order valence-electron chi connectivity index (χ4n) is 3.41. The quantitative estimate of drug-likeness (QED) is 0.455. The molecule has 2 aromatic carbocycles. The molecule has 3 rings (SSSR count). The topological polar surface area (TPSA) is 26.3 Å². The number of halogens is 4. The van der Waals surface area contributed by atoms with Gasteiger partial charge in [0.25, 0.3) is 0 Å². The molecule has 28 heavy (non-hydrogen) atoms. The van der Waals surface area contributed by atoms with Gasteiger partial charge in [-0.3, -0.25) is 4.79 Å². The highest BCUT2D eigenvalue weighted by Crippen LogP contribution is 2.60. The summed E-state index contributed by atoms with van der Waals surface area (Å²) in [6.07, 6.45) is -4.55. The Balaban J connectivity index is 1.65. The third kappa shape index (κ3) is 4.26. The van der Waals surface area contributed by atoms with Crippen molar-refractivity contribution in [3.05, 3.63) is 72.1 Å². The highest BCUT2D eigenvalue weighted by molar-refractivity contribution is 5.78. The Labute approximate surface area is 160 Å². The number of carbonyl (C=O) groups excluding carboxylic acids is 1. The summed E-state index contributed by atoms with van der Waals surface area (Å²) in [6, 6.07) is 17.2. The highest BCUT2D eigenvalue weighted by atomic mass is 19.4. The van der Waals surface area contributed by atoms with E-state index in [1.165, 1.54) is 0 Å². The molecule has 2 atom stereocenters. The Morgan fingerprint density at radius 2 is 1.71 bits per heavy atom. The van der Waals surface area contributed by atoms with Crippen molar-refractivity contribution in [2.24, 2.45) is 17.3 Å². The largest absolute Gasteiger partial charge is 0.461 e. The van der Waals surface area contributed by atoms with Crippen molar-refractivity contribution in [2.45, 2.75) is 26.6 Å². The number of esters is 1. The van der Waals surface area contributed by atoms with Crippen LogP contribution >= 0.6 is 0 Å². The van der Waals surface area contributed by atoms with Gasteiger partial charge in [-0.05, 0) is 40.2 Å². The van der Waals surface area contributed by atoms with Gasteiger partial charge >= 0.3 is 12.1 Å². The number of hydrogen-bond acceptors (Lipinski definition) is 2. The minimum Gasteiger partial charge on any atom is -0.461 e. The summed E-state index contributed by atoms with van der Waals surface area (Å²) in [5, 5.41) is 0. The second-order valence-electron chi connectivity index (χ2n) is 7.51. The lowest BCUT2D eigenvalue weighted by Gasteiger charge is -2.08. The van der Waals surface area contributed by atoms with E-state index in [4.69, 9.17) is 4.74 Å². The second-order valence-corrected chi connectivity index (χ2v) is 7.51. The zero-order chi connectivity index (χ0) is 20.5. The van der Waals surface area contributed by atoms with Gasteiger partial charge in [-0.25, -0.2) is 4.39 Å². The molecular formula is C22H20F4O2. The van der Waals surface area contributed by atoms with Crippen molar-refractivity contribution in [2.75, 3.05) is 0 Å². The summed E-state index contributed by atoms with van der Waals surface area (Å²) in [5.74, 6) is -4.42. The predicted molar refractivity (Wildman–Crippen MR) is 97.7 cm³/mol. The molecule has 1 saturated carbocycles. The van der Waals surface area contributed by atoms with Gasteiger partial charge < -0.3 is 4.74 Å². The van der Waals surface area contributed by atoms with E-state index < -0.39 is 35.2 Å². The third-order valence-corrected chi connectivity index (χ3v) is 5.18. The SMILES string of the molecule is CC1(C)C(/C=C(\F)C(F)(F)F)C1C(=O)OCc1cccc(-c2ccccc2)c1. The van der Waals surface area contributed by atoms with E-state index in [9.17, 15) is 22.4 Å². The molecule has 0 saturated heterocycles. The van der Waals surface area contributed by atoms with Crippen molar-refractivity contribution < 1.29 is 27.1 Å². The first-order chi connectivity index (χ1) is 13.1. The van der Waals surface area contributed by atoms with Gasteiger partial charge in [-0.2, -0.15) is 13.2 Å². The lowest BCUT2D eigenvalue weighted by molar-refractivity contribution is -0.147. The van der Waals surface area contributed by atoms with Crippen molar-refractivity contribution in [3.63, 3.8) is 0 Å². The van der Waals surface area contributed by atoms with Crippen molar-refractivity contribution in [3.8, 4) is 11.1 Å². The maximum Gasteiger partial charge on any atom is 0.442 e. The normalized spacial score (nSPS) is 21.3. The molecule has 2 aromatic rings. The fraction of sp³-hybridized carbons (Fsp3) is 0.318. The average molecular weight is 392 g/mol. The molecule has 0 aromatic heterocycles. The summed E-state index contributed by atoms with van der Waals surface area (Å²) in [6.45, 7) is 3.25. The maximum atomic E-state index is 13.2. The van der Waals surface area contributed by atoms with E-state index in [0.29, 0.717) is 6.08 Å². The highest BCUT2D eigenvalue weighted by Gasteiger charge is 2.62. The smallest absolute Gasteiger partial charge is 0.442 e. The Hall–Kier alpha value is -2.63. The van der Waals surface area contributed by atoms with Crippen LogP contribution in [-0.4, -0.2) is 12.1 Å². The van der Waals surface area contributed by atoms with Crippen LogP contribution in [0.15, 0.2) is 66.5 Å². The van der Waals surface area contributed by atoms with E-state index in [0.717, 1.165) is 16.7 Å². The molecule has 148 valence electrons. The first-order valence-corrected chi connectivity index (χ1v) is 8.86. The zero-order valence-corrected chi connectivity index (χ0v) is 15.5. The third-order valence-electron chi connectivity index (χ3n) is 5.18.